The number of carbonyl (C=O) groups excluding carboxylic acids is 1. The minimum absolute atomic E-state index is 0. The number of Topliss-reactive ketones (excluding diaryl/α,β-unsaturated/α-hetero) is 1. The maximum atomic E-state index is 10.5. The van der Waals surface area contributed by atoms with Gasteiger partial charge in [0.05, 0.1) is 14.7 Å². The fourth-order valence-electron chi connectivity index (χ4n) is 0.515. The van der Waals surface area contributed by atoms with Crippen LogP contribution in [0.3, 0.4) is 0 Å². The van der Waals surface area contributed by atoms with Crippen molar-refractivity contribution in [1.29, 1.82) is 0 Å². The molecule has 0 fully saturated rings. The molecule has 1 heterocycles. The summed E-state index contributed by atoms with van der Waals surface area (Å²) in [6, 6.07) is 3.11. The van der Waals surface area contributed by atoms with Crippen molar-refractivity contribution in [2.24, 2.45) is 0 Å². The first-order valence-electron chi connectivity index (χ1n) is 2.52. The van der Waals surface area contributed by atoms with Gasteiger partial charge in [-0.15, -0.1) is 0 Å². The number of furan rings is 1. The van der Waals surface area contributed by atoms with Crippen LogP contribution in [0.2, 0.25) is 0 Å². The second-order valence-electron chi connectivity index (χ2n) is 1.56. The maximum Gasteiger partial charge on any atom is 0.223 e. The molecule has 0 atom stereocenters. The van der Waals surface area contributed by atoms with Gasteiger partial charge in [0.15, 0.2) is 5.76 Å². The Hall–Kier alpha value is 0.352. The van der Waals surface area contributed by atoms with Crippen LogP contribution in [0.5, 0.6) is 0 Å². The summed E-state index contributed by atoms with van der Waals surface area (Å²) in [5.41, 5.74) is 0. The normalized spacial score (nSPS) is 7.73. The summed E-state index contributed by atoms with van der Waals surface area (Å²) in [7, 11) is 0. The van der Waals surface area contributed by atoms with Gasteiger partial charge in [0, 0.05) is 41.7 Å². The third kappa shape index (κ3) is 4.05. The van der Waals surface area contributed by atoms with Crippen molar-refractivity contribution in [3.8, 4) is 0 Å². The van der Waals surface area contributed by atoms with Crippen LogP contribution < -0.4 is 0 Å². The van der Waals surface area contributed by atoms with E-state index >= 15 is 0 Å². The van der Waals surface area contributed by atoms with Crippen LogP contribution in [0.15, 0.2) is 22.8 Å². The molecule has 0 bridgehead atoms. The maximum absolute atomic E-state index is 10.5. The zero-order chi connectivity index (χ0) is 6.69. The standard InChI is InChI=1S/C6H6O3.BH3.Ce/c7-4-5(8)6-2-1-3-9-6;;/h1-3,7H,4H2;1H3;. The molecule has 0 saturated heterocycles. The van der Waals surface area contributed by atoms with E-state index in [4.69, 9.17) is 5.11 Å². The van der Waals surface area contributed by atoms with Crippen molar-refractivity contribution in [1.82, 2.24) is 0 Å². The van der Waals surface area contributed by atoms with Crippen LogP contribution in [0.25, 0.3) is 0 Å². The molecule has 0 aliphatic rings. The van der Waals surface area contributed by atoms with Crippen LogP contribution in [-0.2, 0) is 0 Å². The first kappa shape index (κ1) is 13.9. The van der Waals surface area contributed by atoms with Crippen molar-refractivity contribution in [3.05, 3.63) is 24.2 Å². The molecule has 1 rings (SSSR count). The second-order valence-corrected chi connectivity index (χ2v) is 1.56. The molecule has 0 unspecified atom stereocenters. The predicted molar refractivity (Wildman–Crippen MR) is 40.1 cm³/mol. The van der Waals surface area contributed by atoms with Crippen LogP contribution in [-0.4, -0.2) is 25.9 Å². The third-order valence-electron chi connectivity index (χ3n) is 0.940. The number of rotatable bonds is 2. The third-order valence-corrected chi connectivity index (χ3v) is 0.940. The van der Waals surface area contributed by atoms with Gasteiger partial charge in [-0.2, -0.15) is 0 Å². The summed E-state index contributed by atoms with van der Waals surface area (Å²) in [4.78, 5) is 10.5. The average Bonchev–Trinajstić information content (AvgIpc) is 2.37. The Kier molecular flexibility index (Phi) is 8.88. The predicted octanol–water partition coefficient (Wildman–Crippen LogP) is -0.729. The fourth-order valence-corrected chi connectivity index (χ4v) is 0.515. The number of ketones is 1. The van der Waals surface area contributed by atoms with E-state index in [1.807, 2.05) is 0 Å². The van der Waals surface area contributed by atoms with E-state index in [-0.39, 0.29) is 61.7 Å². The van der Waals surface area contributed by atoms with Gasteiger partial charge in [-0.3, -0.25) is 4.79 Å². The van der Waals surface area contributed by atoms with Crippen molar-refractivity contribution < 1.29 is 56.1 Å². The molecule has 1 aromatic heterocycles. The van der Waals surface area contributed by atoms with E-state index in [2.05, 4.69) is 4.42 Å². The molecule has 0 saturated carbocycles. The topological polar surface area (TPSA) is 50.4 Å². The minimum Gasteiger partial charge on any atom is -0.461 e. The molecule has 5 heteroatoms. The second kappa shape index (κ2) is 7.03. The van der Waals surface area contributed by atoms with Gasteiger partial charge >= 0.3 is 0 Å². The molecule has 11 heavy (non-hydrogen) atoms. The zero-order valence-corrected chi connectivity index (χ0v) is 8.34. The van der Waals surface area contributed by atoms with E-state index < -0.39 is 6.61 Å². The SMILES string of the molecule is B.O=C(CO)c1ccco1.[Ce]. The Morgan fingerprint density at radius 3 is 2.64 bits per heavy atom. The number of hydrogen-bond donors (Lipinski definition) is 1. The molecule has 0 aromatic carbocycles. The van der Waals surface area contributed by atoms with Crippen molar-refractivity contribution >= 4 is 14.2 Å². The Labute approximate surface area is 100 Å². The molecule has 1 N–H and O–H groups in total. The van der Waals surface area contributed by atoms with Gasteiger partial charge in [0.1, 0.15) is 6.61 Å². The Balaban J connectivity index is 0. The van der Waals surface area contributed by atoms with Gasteiger partial charge in [0.25, 0.3) is 0 Å². The summed E-state index contributed by atoms with van der Waals surface area (Å²) in [5, 5.41) is 8.30. The first-order valence-corrected chi connectivity index (χ1v) is 2.52. The number of hydrogen-bond acceptors (Lipinski definition) is 3. The molecule has 0 aliphatic heterocycles. The molecule has 0 amide bonds. The van der Waals surface area contributed by atoms with Crippen LogP contribution in [0.1, 0.15) is 10.6 Å². The smallest absolute Gasteiger partial charge is 0.223 e. The zero-order valence-electron chi connectivity index (χ0n) is 5.20. The largest absolute Gasteiger partial charge is 0.461 e. The van der Waals surface area contributed by atoms with E-state index in [9.17, 15) is 4.79 Å². The quantitative estimate of drug-likeness (QED) is 0.574. The molecular weight excluding hydrogens is 271 g/mol. The number of carbonyl (C=O) groups is 1. The Bertz CT molecular complexity index is 198. The van der Waals surface area contributed by atoms with Crippen LogP contribution >= 0.6 is 0 Å². The van der Waals surface area contributed by atoms with E-state index in [1.165, 1.54) is 12.3 Å². The van der Waals surface area contributed by atoms with Gasteiger partial charge in [-0.1, -0.05) is 0 Å². The summed E-state index contributed by atoms with van der Waals surface area (Å²) in [5.74, 6) is -0.183. The van der Waals surface area contributed by atoms with Crippen LogP contribution in [0.4, 0.5) is 0 Å². The van der Waals surface area contributed by atoms with Gasteiger partial charge < -0.3 is 9.52 Å². The van der Waals surface area contributed by atoms with Crippen molar-refractivity contribution in [2.45, 2.75) is 0 Å². The molecule has 0 spiro atoms. The summed E-state index contributed by atoms with van der Waals surface area (Å²) in [6.45, 7) is -0.493. The molecule has 1 aromatic rings. The first-order chi connectivity index (χ1) is 4.34. The van der Waals surface area contributed by atoms with Crippen molar-refractivity contribution in [3.63, 3.8) is 0 Å². The molecule has 0 radical (unpaired) electrons. The Morgan fingerprint density at radius 2 is 2.27 bits per heavy atom. The minimum atomic E-state index is -0.493. The number of aliphatic hydroxyl groups excluding tert-OH is 1. The summed E-state index contributed by atoms with van der Waals surface area (Å²) in [6.07, 6.45) is 1.39. The Morgan fingerprint density at radius 1 is 1.64 bits per heavy atom. The molecular formula is C6H9BCeO3. The molecule has 0 aliphatic carbocycles. The van der Waals surface area contributed by atoms with Gasteiger partial charge in [0.2, 0.25) is 5.78 Å². The number of aliphatic hydroxyl groups is 1. The van der Waals surface area contributed by atoms with Crippen molar-refractivity contribution in [2.75, 3.05) is 6.61 Å². The molecule has 58 valence electrons. The van der Waals surface area contributed by atoms with E-state index in [0.29, 0.717) is 0 Å². The summed E-state index contributed by atoms with van der Waals surface area (Å²) < 4.78 is 4.68. The van der Waals surface area contributed by atoms with E-state index in [0.717, 1.165) is 0 Å². The van der Waals surface area contributed by atoms with Gasteiger partial charge in [-0.05, 0) is 12.1 Å². The van der Waals surface area contributed by atoms with E-state index in [1.54, 1.807) is 6.07 Å². The van der Waals surface area contributed by atoms with Gasteiger partial charge in [-0.25, -0.2) is 0 Å². The monoisotopic (exact) mass is 280 g/mol. The molecule has 3 nitrogen and oxygen atoms in total. The van der Waals surface area contributed by atoms with Crippen LogP contribution in [0, 0.1) is 41.7 Å². The summed E-state index contributed by atoms with van der Waals surface area (Å²) >= 11 is 0. The fraction of sp³-hybridized carbons (Fsp3) is 0.167. The average molecular weight is 280 g/mol.